The lowest BCUT2D eigenvalue weighted by Crippen LogP contribution is -2.44. The predicted octanol–water partition coefficient (Wildman–Crippen LogP) is -0.409. The second-order valence-electron chi connectivity index (χ2n) is 4.23. The summed E-state index contributed by atoms with van der Waals surface area (Å²) in [7, 11) is 0. The summed E-state index contributed by atoms with van der Waals surface area (Å²) in [6.45, 7) is 3.74. The molecule has 0 aliphatic carbocycles. The van der Waals surface area contributed by atoms with E-state index in [1.165, 1.54) is 6.20 Å². The van der Waals surface area contributed by atoms with Gasteiger partial charge in [-0.15, -0.1) is 0 Å². The van der Waals surface area contributed by atoms with Crippen LogP contribution in [0.25, 0.3) is 0 Å². The van der Waals surface area contributed by atoms with Crippen molar-refractivity contribution >= 4 is 11.9 Å². The van der Waals surface area contributed by atoms with Crippen molar-refractivity contribution < 1.29 is 19.8 Å². The second kappa shape index (κ2) is 8.94. The third-order valence-electron chi connectivity index (χ3n) is 2.31. The Bertz CT molecular complexity index is 385. The van der Waals surface area contributed by atoms with Crippen molar-refractivity contribution in [3.63, 3.8) is 0 Å². The number of carbonyl (C=O) groups is 2. The van der Waals surface area contributed by atoms with Crippen LogP contribution >= 0.6 is 0 Å². The Hall–Kier alpha value is -2.07. The summed E-state index contributed by atoms with van der Waals surface area (Å²) in [6, 6.07) is 0.653. The zero-order chi connectivity index (χ0) is 14.8. The summed E-state index contributed by atoms with van der Waals surface area (Å²) < 4.78 is 0. The standard InChI is InChI=1S/C12H19N3O4/c1-8(2)10(12(18)19)15-11(17)9(6-13)7-14-4-3-5-16/h7-8,10,14,16H,3-5H2,1-2H3,(H,15,17)(H,18,19)/b9-7-. The molecule has 0 saturated carbocycles. The van der Waals surface area contributed by atoms with E-state index >= 15 is 0 Å². The SMILES string of the molecule is CC(C)C(NC(=O)/C(C#N)=C\NCCCO)C(=O)O. The van der Waals surface area contributed by atoms with Gasteiger partial charge in [-0.1, -0.05) is 13.8 Å². The molecule has 4 N–H and O–H groups in total. The third-order valence-corrected chi connectivity index (χ3v) is 2.31. The summed E-state index contributed by atoms with van der Waals surface area (Å²) in [5.41, 5.74) is -0.204. The quantitative estimate of drug-likeness (QED) is 0.270. The monoisotopic (exact) mass is 269 g/mol. The lowest BCUT2D eigenvalue weighted by molar-refractivity contribution is -0.142. The number of carboxylic acid groups (broad SMARTS) is 1. The van der Waals surface area contributed by atoms with Crippen LogP contribution in [-0.2, 0) is 9.59 Å². The van der Waals surface area contributed by atoms with Gasteiger partial charge >= 0.3 is 5.97 Å². The minimum atomic E-state index is -1.14. The van der Waals surface area contributed by atoms with E-state index in [0.717, 1.165) is 0 Å². The van der Waals surface area contributed by atoms with Crippen LogP contribution in [0.15, 0.2) is 11.8 Å². The molecule has 1 unspecified atom stereocenters. The molecule has 0 saturated heterocycles. The van der Waals surface area contributed by atoms with Gasteiger partial charge in [-0.3, -0.25) is 4.79 Å². The molecule has 1 amide bonds. The van der Waals surface area contributed by atoms with E-state index in [2.05, 4.69) is 10.6 Å². The highest BCUT2D eigenvalue weighted by Gasteiger charge is 2.24. The Morgan fingerprint density at radius 3 is 2.47 bits per heavy atom. The van der Waals surface area contributed by atoms with Crippen LogP contribution in [0.5, 0.6) is 0 Å². The molecule has 0 aromatic carbocycles. The van der Waals surface area contributed by atoms with Crippen LogP contribution in [-0.4, -0.2) is 41.3 Å². The van der Waals surface area contributed by atoms with Crippen molar-refractivity contribution in [3.8, 4) is 6.07 Å². The third kappa shape index (κ3) is 6.43. The van der Waals surface area contributed by atoms with Gasteiger partial charge in [-0.25, -0.2) is 4.79 Å². The lowest BCUT2D eigenvalue weighted by atomic mass is 10.0. The molecule has 0 aromatic heterocycles. The maximum Gasteiger partial charge on any atom is 0.326 e. The van der Waals surface area contributed by atoms with Crippen molar-refractivity contribution in [2.24, 2.45) is 5.92 Å². The maximum atomic E-state index is 11.7. The molecule has 0 aromatic rings. The molecule has 1 atom stereocenters. The van der Waals surface area contributed by atoms with E-state index in [-0.39, 0.29) is 18.1 Å². The number of nitrogens with zero attached hydrogens (tertiary/aromatic N) is 1. The van der Waals surface area contributed by atoms with Gasteiger partial charge in [0.2, 0.25) is 0 Å². The van der Waals surface area contributed by atoms with Crippen molar-refractivity contribution in [1.29, 1.82) is 5.26 Å². The average Bonchev–Trinajstić information content (AvgIpc) is 2.35. The van der Waals surface area contributed by atoms with Crippen LogP contribution in [0.4, 0.5) is 0 Å². The van der Waals surface area contributed by atoms with E-state index in [9.17, 15) is 9.59 Å². The highest BCUT2D eigenvalue weighted by molar-refractivity contribution is 5.99. The van der Waals surface area contributed by atoms with Crippen molar-refractivity contribution in [2.45, 2.75) is 26.3 Å². The molecule has 0 rings (SSSR count). The van der Waals surface area contributed by atoms with Crippen molar-refractivity contribution in [1.82, 2.24) is 10.6 Å². The molecule has 106 valence electrons. The van der Waals surface area contributed by atoms with Gasteiger partial charge in [0.15, 0.2) is 0 Å². The number of aliphatic hydroxyl groups excluding tert-OH is 1. The van der Waals surface area contributed by atoms with E-state index < -0.39 is 17.9 Å². The summed E-state index contributed by atoms with van der Waals surface area (Å²) in [5.74, 6) is -2.17. The van der Waals surface area contributed by atoms with Crippen LogP contribution in [0.1, 0.15) is 20.3 Å². The van der Waals surface area contributed by atoms with E-state index in [0.29, 0.717) is 13.0 Å². The summed E-state index contributed by atoms with van der Waals surface area (Å²) in [6.07, 6.45) is 1.70. The normalized spacial score (nSPS) is 12.7. The first-order valence-corrected chi connectivity index (χ1v) is 5.92. The van der Waals surface area contributed by atoms with Crippen LogP contribution in [0.2, 0.25) is 0 Å². The number of hydrogen-bond donors (Lipinski definition) is 4. The number of aliphatic carboxylic acids is 1. The van der Waals surface area contributed by atoms with Gasteiger partial charge in [-0.05, 0) is 12.3 Å². The Morgan fingerprint density at radius 1 is 1.42 bits per heavy atom. The topological polar surface area (TPSA) is 122 Å². The van der Waals surface area contributed by atoms with Gasteiger partial charge < -0.3 is 20.8 Å². The number of nitrogens with one attached hydrogen (secondary N) is 2. The molecule has 0 radical (unpaired) electrons. The highest BCUT2D eigenvalue weighted by atomic mass is 16.4. The molecule has 0 heterocycles. The predicted molar refractivity (Wildman–Crippen MR) is 67.8 cm³/mol. The molecule has 19 heavy (non-hydrogen) atoms. The Balaban J connectivity index is 4.59. The van der Waals surface area contributed by atoms with Gasteiger partial charge in [0.05, 0.1) is 0 Å². The fourth-order valence-electron chi connectivity index (χ4n) is 1.24. The number of aliphatic hydroxyl groups is 1. The van der Waals surface area contributed by atoms with Crippen LogP contribution in [0, 0.1) is 17.2 Å². The fourth-order valence-corrected chi connectivity index (χ4v) is 1.24. The lowest BCUT2D eigenvalue weighted by Gasteiger charge is -2.17. The molecule has 0 spiro atoms. The summed E-state index contributed by atoms with van der Waals surface area (Å²) >= 11 is 0. The van der Waals surface area contributed by atoms with Crippen molar-refractivity contribution in [2.75, 3.05) is 13.2 Å². The highest BCUT2D eigenvalue weighted by Crippen LogP contribution is 2.03. The maximum absolute atomic E-state index is 11.7. The number of amides is 1. The van der Waals surface area contributed by atoms with Crippen molar-refractivity contribution in [3.05, 3.63) is 11.8 Å². The number of nitriles is 1. The largest absolute Gasteiger partial charge is 0.480 e. The number of carbonyl (C=O) groups excluding carboxylic acids is 1. The number of hydrogen-bond acceptors (Lipinski definition) is 5. The van der Waals surface area contributed by atoms with Gasteiger partial charge in [0.1, 0.15) is 17.7 Å². The molecule has 7 heteroatoms. The zero-order valence-corrected chi connectivity index (χ0v) is 11.0. The zero-order valence-electron chi connectivity index (χ0n) is 11.0. The summed E-state index contributed by atoms with van der Waals surface area (Å²) in [4.78, 5) is 22.6. The van der Waals surface area contributed by atoms with E-state index in [1.54, 1.807) is 19.9 Å². The Labute approximate surface area is 111 Å². The van der Waals surface area contributed by atoms with Crippen LogP contribution in [0.3, 0.4) is 0 Å². The second-order valence-corrected chi connectivity index (χ2v) is 4.23. The first kappa shape index (κ1) is 16.9. The molecular weight excluding hydrogens is 250 g/mol. The average molecular weight is 269 g/mol. The minimum Gasteiger partial charge on any atom is -0.480 e. The molecule has 0 aliphatic rings. The van der Waals surface area contributed by atoms with Gasteiger partial charge in [0, 0.05) is 19.4 Å². The summed E-state index contributed by atoms with van der Waals surface area (Å²) in [5, 5.41) is 31.3. The molecule has 0 fully saturated rings. The number of carboxylic acids is 1. The fraction of sp³-hybridized carbons (Fsp3) is 0.583. The van der Waals surface area contributed by atoms with E-state index in [4.69, 9.17) is 15.5 Å². The molecule has 0 bridgehead atoms. The minimum absolute atomic E-state index is 0.00333. The van der Waals surface area contributed by atoms with Gasteiger partial charge in [0.25, 0.3) is 5.91 Å². The first-order chi connectivity index (χ1) is 8.93. The molecule has 0 aliphatic heterocycles. The first-order valence-electron chi connectivity index (χ1n) is 5.92. The molecule has 7 nitrogen and oxygen atoms in total. The van der Waals surface area contributed by atoms with Crippen LogP contribution < -0.4 is 10.6 Å². The Morgan fingerprint density at radius 2 is 2.05 bits per heavy atom. The number of rotatable bonds is 8. The van der Waals surface area contributed by atoms with E-state index in [1.807, 2.05) is 0 Å². The smallest absolute Gasteiger partial charge is 0.326 e. The molecular formula is C12H19N3O4. The Kier molecular flexibility index (Phi) is 7.97. The van der Waals surface area contributed by atoms with Gasteiger partial charge in [-0.2, -0.15) is 5.26 Å².